The molecule has 3 rings (SSSR count). The molecule has 6 heteroatoms. The Labute approximate surface area is 159 Å². The molecule has 0 radical (unpaired) electrons. The van der Waals surface area contributed by atoms with Crippen LogP contribution in [0.2, 0.25) is 0 Å². The monoisotopic (exact) mass is 369 g/mol. The largest absolute Gasteiger partial charge is 0.378 e. The molecule has 1 fully saturated rings. The normalized spacial score (nSPS) is 14.0. The van der Waals surface area contributed by atoms with Crippen LogP contribution in [-0.4, -0.2) is 42.2 Å². The van der Waals surface area contributed by atoms with Gasteiger partial charge in [-0.15, -0.1) is 0 Å². The summed E-state index contributed by atoms with van der Waals surface area (Å²) in [5.41, 5.74) is 4.03. The van der Waals surface area contributed by atoms with Gasteiger partial charge in [0.1, 0.15) is 0 Å². The molecule has 0 unspecified atom stereocenters. The van der Waals surface area contributed by atoms with Crippen LogP contribution in [0.25, 0.3) is 0 Å². The first-order valence-corrected chi connectivity index (χ1v) is 9.10. The molecule has 0 saturated carbocycles. The fraction of sp³-hybridized carbons (Fsp3) is 0.300. The maximum absolute atomic E-state index is 12.3. The van der Waals surface area contributed by atoms with Gasteiger partial charge in [-0.2, -0.15) is 0 Å². The highest BCUT2D eigenvalue weighted by Crippen LogP contribution is 2.13. The number of benzene rings is 2. The standard InChI is InChI=1S/C20H23N3O2S/c1-15-2-6-17(7-3-15)21-20(26)22-18-8-4-16(5-9-18)14-19(24)23-10-12-25-13-11-23/h2-9H,10-14H2,1H3,(H2,21,22,26). The lowest BCUT2D eigenvalue weighted by Gasteiger charge is -2.26. The first-order chi connectivity index (χ1) is 12.6. The molecule has 2 N–H and O–H groups in total. The van der Waals surface area contributed by atoms with Crippen molar-refractivity contribution in [2.24, 2.45) is 0 Å². The topological polar surface area (TPSA) is 53.6 Å². The maximum atomic E-state index is 12.3. The van der Waals surface area contributed by atoms with Crippen LogP contribution in [-0.2, 0) is 16.0 Å². The van der Waals surface area contributed by atoms with Crippen molar-refractivity contribution in [3.63, 3.8) is 0 Å². The molecule has 0 bridgehead atoms. The molecule has 1 aliphatic rings. The molecule has 0 aromatic heterocycles. The van der Waals surface area contributed by atoms with E-state index in [1.165, 1.54) is 5.56 Å². The van der Waals surface area contributed by atoms with Crippen LogP contribution < -0.4 is 10.6 Å². The number of carbonyl (C=O) groups is 1. The summed E-state index contributed by atoms with van der Waals surface area (Å²) in [6, 6.07) is 15.8. The second kappa shape index (κ2) is 8.78. The van der Waals surface area contributed by atoms with Crippen molar-refractivity contribution in [3.05, 3.63) is 59.7 Å². The lowest BCUT2D eigenvalue weighted by Crippen LogP contribution is -2.41. The molecule has 2 aromatic rings. The minimum absolute atomic E-state index is 0.144. The van der Waals surface area contributed by atoms with E-state index in [4.69, 9.17) is 17.0 Å². The highest BCUT2D eigenvalue weighted by Gasteiger charge is 2.16. The van der Waals surface area contributed by atoms with Gasteiger partial charge in [0.05, 0.1) is 19.6 Å². The molecule has 1 aliphatic heterocycles. The Hall–Kier alpha value is -2.44. The van der Waals surface area contributed by atoms with Crippen LogP contribution in [0.5, 0.6) is 0 Å². The van der Waals surface area contributed by atoms with E-state index in [2.05, 4.69) is 10.6 Å². The van der Waals surface area contributed by atoms with Crippen LogP contribution in [0.1, 0.15) is 11.1 Å². The molecule has 1 saturated heterocycles. The third kappa shape index (κ3) is 5.28. The summed E-state index contributed by atoms with van der Waals surface area (Å²) in [4.78, 5) is 14.1. The van der Waals surface area contributed by atoms with Gasteiger partial charge in [-0.25, -0.2) is 0 Å². The average molecular weight is 369 g/mol. The molecule has 1 amide bonds. The van der Waals surface area contributed by atoms with E-state index >= 15 is 0 Å². The van der Waals surface area contributed by atoms with Gasteiger partial charge >= 0.3 is 0 Å². The van der Waals surface area contributed by atoms with Crippen molar-refractivity contribution >= 4 is 34.6 Å². The van der Waals surface area contributed by atoms with E-state index < -0.39 is 0 Å². The first kappa shape index (κ1) is 18.4. The van der Waals surface area contributed by atoms with Gasteiger partial charge in [-0.3, -0.25) is 4.79 Å². The molecule has 26 heavy (non-hydrogen) atoms. The zero-order chi connectivity index (χ0) is 18.4. The van der Waals surface area contributed by atoms with Crippen molar-refractivity contribution < 1.29 is 9.53 Å². The maximum Gasteiger partial charge on any atom is 0.227 e. The van der Waals surface area contributed by atoms with E-state index in [0.717, 1.165) is 16.9 Å². The first-order valence-electron chi connectivity index (χ1n) is 8.69. The fourth-order valence-corrected chi connectivity index (χ4v) is 2.97. The Balaban J connectivity index is 1.51. The highest BCUT2D eigenvalue weighted by molar-refractivity contribution is 7.80. The minimum atomic E-state index is 0.144. The summed E-state index contributed by atoms with van der Waals surface area (Å²) in [6.45, 7) is 4.65. The molecule has 0 aliphatic carbocycles. The molecular weight excluding hydrogens is 346 g/mol. The van der Waals surface area contributed by atoms with Crippen LogP contribution in [0.4, 0.5) is 11.4 Å². The van der Waals surface area contributed by atoms with Crippen LogP contribution in [0.3, 0.4) is 0 Å². The molecule has 0 spiro atoms. The van der Waals surface area contributed by atoms with Gasteiger partial charge < -0.3 is 20.3 Å². The number of amides is 1. The predicted molar refractivity (Wildman–Crippen MR) is 109 cm³/mol. The van der Waals surface area contributed by atoms with E-state index in [1.807, 2.05) is 60.4 Å². The number of aryl methyl sites for hydroxylation is 1. The van der Waals surface area contributed by atoms with Gasteiger partial charge in [0.15, 0.2) is 5.11 Å². The second-order valence-electron chi connectivity index (χ2n) is 6.31. The average Bonchev–Trinajstić information content (AvgIpc) is 2.66. The Morgan fingerprint density at radius 1 is 1.00 bits per heavy atom. The van der Waals surface area contributed by atoms with E-state index in [9.17, 15) is 4.79 Å². The third-order valence-corrected chi connectivity index (χ3v) is 4.44. The molecule has 5 nitrogen and oxygen atoms in total. The quantitative estimate of drug-likeness (QED) is 0.811. The molecule has 2 aromatic carbocycles. The Bertz CT molecular complexity index is 754. The number of nitrogens with zero attached hydrogens (tertiary/aromatic N) is 1. The van der Waals surface area contributed by atoms with Crippen molar-refractivity contribution in [1.29, 1.82) is 0 Å². The lowest BCUT2D eigenvalue weighted by atomic mass is 10.1. The summed E-state index contributed by atoms with van der Waals surface area (Å²) in [5, 5.41) is 6.85. The van der Waals surface area contributed by atoms with E-state index in [1.54, 1.807) is 0 Å². The van der Waals surface area contributed by atoms with E-state index in [-0.39, 0.29) is 5.91 Å². The number of rotatable bonds is 4. The van der Waals surface area contributed by atoms with Crippen LogP contribution >= 0.6 is 12.2 Å². The molecular formula is C20H23N3O2S. The second-order valence-corrected chi connectivity index (χ2v) is 6.72. The highest BCUT2D eigenvalue weighted by atomic mass is 32.1. The summed E-state index contributed by atoms with van der Waals surface area (Å²) in [7, 11) is 0. The number of thiocarbonyl (C=S) groups is 1. The zero-order valence-corrected chi connectivity index (χ0v) is 15.6. The van der Waals surface area contributed by atoms with Gasteiger partial charge in [-0.1, -0.05) is 29.8 Å². The van der Waals surface area contributed by atoms with Crippen molar-refractivity contribution in [3.8, 4) is 0 Å². The van der Waals surface area contributed by atoms with Gasteiger partial charge in [0.2, 0.25) is 5.91 Å². The van der Waals surface area contributed by atoms with Gasteiger partial charge in [0, 0.05) is 24.5 Å². The van der Waals surface area contributed by atoms with Crippen molar-refractivity contribution in [2.45, 2.75) is 13.3 Å². The number of hydrogen-bond acceptors (Lipinski definition) is 3. The lowest BCUT2D eigenvalue weighted by molar-refractivity contribution is -0.134. The SMILES string of the molecule is Cc1ccc(NC(=S)Nc2ccc(CC(=O)N3CCOCC3)cc2)cc1. The number of morpholine rings is 1. The molecule has 1 heterocycles. The zero-order valence-electron chi connectivity index (χ0n) is 14.8. The number of carbonyl (C=O) groups excluding carboxylic acids is 1. The summed E-state index contributed by atoms with van der Waals surface area (Å²) >= 11 is 5.34. The van der Waals surface area contributed by atoms with Crippen molar-refractivity contribution in [2.75, 3.05) is 36.9 Å². The fourth-order valence-electron chi connectivity index (χ4n) is 2.74. The summed E-state index contributed by atoms with van der Waals surface area (Å²) < 4.78 is 5.28. The molecule has 136 valence electrons. The number of ether oxygens (including phenoxy) is 1. The predicted octanol–water partition coefficient (Wildman–Crippen LogP) is 3.21. The van der Waals surface area contributed by atoms with Crippen LogP contribution in [0, 0.1) is 6.92 Å². The summed E-state index contributed by atoms with van der Waals surface area (Å²) in [5.74, 6) is 0.144. The number of hydrogen-bond donors (Lipinski definition) is 2. The van der Waals surface area contributed by atoms with Gasteiger partial charge in [-0.05, 0) is 49.0 Å². The molecule has 0 atom stereocenters. The van der Waals surface area contributed by atoms with Crippen molar-refractivity contribution in [1.82, 2.24) is 4.90 Å². The smallest absolute Gasteiger partial charge is 0.227 e. The number of nitrogens with one attached hydrogen (secondary N) is 2. The number of anilines is 2. The third-order valence-electron chi connectivity index (χ3n) is 4.24. The Kier molecular flexibility index (Phi) is 6.20. The minimum Gasteiger partial charge on any atom is -0.378 e. The Morgan fingerprint density at radius 3 is 2.12 bits per heavy atom. The van der Waals surface area contributed by atoms with E-state index in [0.29, 0.717) is 37.8 Å². The van der Waals surface area contributed by atoms with Gasteiger partial charge in [0.25, 0.3) is 0 Å². The van der Waals surface area contributed by atoms with Crippen LogP contribution in [0.15, 0.2) is 48.5 Å². The summed E-state index contributed by atoms with van der Waals surface area (Å²) in [6.07, 6.45) is 0.409. The Morgan fingerprint density at radius 2 is 1.54 bits per heavy atom.